The second-order valence-corrected chi connectivity index (χ2v) is 5.13. The topological polar surface area (TPSA) is 47.6 Å². The van der Waals surface area contributed by atoms with Crippen molar-refractivity contribution in [2.24, 2.45) is 0 Å². The van der Waals surface area contributed by atoms with Crippen molar-refractivity contribution in [2.75, 3.05) is 37.7 Å². The molecule has 2 saturated heterocycles. The number of nitrogens with one attached hydrogen (secondary N) is 2. The Morgan fingerprint density at radius 3 is 2.74 bits per heavy atom. The Morgan fingerprint density at radius 1 is 1.16 bits per heavy atom. The van der Waals surface area contributed by atoms with Crippen LogP contribution in [-0.2, 0) is 11.3 Å². The Kier molecular flexibility index (Phi) is 3.66. The van der Waals surface area contributed by atoms with Crippen molar-refractivity contribution in [1.82, 2.24) is 15.6 Å². The molecule has 2 aliphatic heterocycles. The van der Waals surface area contributed by atoms with Crippen LogP contribution in [0.25, 0.3) is 0 Å². The summed E-state index contributed by atoms with van der Waals surface area (Å²) in [6, 6.07) is 8.45. The van der Waals surface area contributed by atoms with Gasteiger partial charge in [-0.1, -0.05) is 12.1 Å². The molecule has 0 spiro atoms. The molecule has 1 aromatic carbocycles. The second kappa shape index (κ2) is 5.59. The van der Waals surface area contributed by atoms with Crippen LogP contribution in [0.3, 0.4) is 0 Å². The van der Waals surface area contributed by atoms with Gasteiger partial charge >= 0.3 is 0 Å². The number of carbonyl (C=O) groups excluding carboxylic acids is 1. The zero-order valence-electron chi connectivity index (χ0n) is 11.1. The van der Waals surface area contributed by atoms with Crippen LogP contribution in [0.1, 0.15) is 12.0 Å². The Morgan fingerprint density at radius 2 is 2.00 bits per heavy atom. The first-order valence-electron chi connectivity index (χ1n) is 6.90. The van der Waals surface area contributed by atoms with Gasteiger partial charge in [0.1, 0.15) is 0 Å². The van der Waals surface area contributed by atoms with Crippen molar-refractivity contribution < 1.29 is 4.79 Å². The maximum absolute atomic E-state index is 11.3. The number of piperazine rings is 1. The largest absolute Gasteiger partial charge is 0.314 e. The lowest BCUT2D eigenvalue weighted by Gasteiger charge is -2.27. The Labute approximate surface area is 113 Å². The standard InChI is InChI=1S/C14H20N4O/c19-14-4-7-18(16-14)13-3-1-2-12(10-13)11-17-8-5-15-6-9-17/h1-3,10,15H,4-9,11H2,(H,16,19). The van der Waals surface area contributed by atoms with Crippen molar-refractivity contribution in [3.63, 3.8) is 0 Å². The van der Waals surface area contributed by atoms with Crippen LogP contribution >= 0.6 is 0 Å². The second-order valence-electron chi connectivity index (χ2n) is 5.13. The fraction of sp³-hybridized carbons (Fsp3) is 0.500. The number of rotatable bonds is 3. The van der Waals surface area contributed by atoms with E-state index in [4.69, 9.17) is 0 Å². The van der Waals surface area contributed by atoms with E-state index in [-0.39, 0.29) is 5.91 Å². The molecule has 2 N–H and O–H groups in total. The van der Waals surface area contributed by atoms with E-state index in [9.17, 15) is 4.79 Å². The molecular weight excluding hydrogens is 240 g/mol. The summed E-state index contributed by atoms with van der Waals surface area (Å²) in [7, 11) is 0. The molecule has 0 aromatic heterocycles. The van der Waals surface area contributed by atoms with Crippen molar-refractivity contribution in [3.8, 4) is 0 Å². The molecule has 0 unspecified atom stereocenters. The van der Waals surface area contributed by atoms with E-state index in [0.717, 1.165) is 45.0 Å². The number of hydrogen-bond donors (Lipinski definition) is 2. The van der Waals surface area contributed by atoms with Crippen LogP contribution in [-0.4, -0.2) is 43.5 Å². The summed E-state index contributed by atoms with van der Waals surface area (Å²) in [5.41, 5.74) is 5.26. The fourth-order valence-electron chi connectivity index (χ4n) is 2.62. The maximum atomic E-state index is 11.3. The summed E-state index contributed by atoms with van der Waals surface area (Å²) < 4.78 is 0. The summed E-state index contributed by atoms with van der Waals surface area (Å²) in [6.45, 7) is 6.09. The van der Waals surface area contributed by atoms with Crippen LogP contribution in [0, 0.1) is 0 Å². The molecule has 2 fully saturated rings. The highest BCUT2D eigenvalue weighted by Gasteiger charge is 2.19. The van der Waals surface area contributed by atoms with E-state index in [2.05, 4.69) is 33.8 Å². The van der Waals surface area contributed by atoms with Gasteiger partial charge in [-0.15, -0.1) is 0 Å². The molecule has 0 bridgehead atoms. The molecule has 2 aliphatic rings. The van der Waals surface area contributed by atoms with Gasteiger partial charge in [0, 0.05) is 45.7 Å². The van der Waals surface area contributed by atoms with Crippen LogP contribution in [0.15, 0.2) is 24.3 Å². The summed E-state index contributed by atoms with van der Waals surface area (Å²) in [6.07, 6.45) is 0.585. The smallest absolute Gasteiger partial charge is 0.240 e. The minimum atomic E-state index is 0.104. The Balaban J connectivity index is 1.67. The third-order valence-electron chi connectivity index (χ3n) is 3.66. The van der Waals surface area contributed by atoms with Crippen molar-refractivity contribution in [2.45, 2.75) is 13.0 Å². The van der Waals surface area contributed by atoms with Gasteiger partial charge in [-0.25, -0.2) is 0 Å². The molecule has 1 amide bonds. The van der Waals surface area contributed by atoms with E-state index >= 15 is 0 Å². The van der Waals surface area contributed by atoms with Crippen LogP contribution in [0.4, 0.5) is 5.69 Å². The van der Waals surface area contributed by atoms with E-state index in [1.165, 1.54) is 5.56 Å². The van der Waals surface area contributed by atoms with Gasteiger partial charge in [-0.05, 0) is 17.7 Å². The number of benzene rings is 1. The van der Waals surface area contributed by atoms with Gasteiger partial charge in [-0.3, -0.25) is 20.1 Å². The first-order chi connectivity index (χ1) is 9.31. The van der Waals surface area contributed by atoms with E-state index < -0.39 is 0 Å². The molecule has 102 valence electrons. The molecule has 2 heterocycles. The minimum Gasteiger partial charge on any atom is -0.314 e. The molecule has 5 nitrogen and oxygen atoms in total. The highest BCUT2D eigenvalue weighted by molar-refractivity contribution is 5.81. The molecule has 0 atom stereocenters. The van der Waals surface area contributed by atoms with Gasteiger partial charge in [0.2, 0.25) is 5.91 Å². The Hall–Kier alpha value is -1.59. The van der Waals surface area contributed by atoms with E-state index in [1.54, 1.807) is 0 Å². The molecular formula is C14H20N4O. The van der Waals surface area contributed by atoms with Crippen molar-refractivity contribution >= 4 is 11.6 Å². The molecule has 0 aliphatic carbocycles. The zero-order valence-corrected chi connectivity index (χ0v) is 11.1. The summed E-state index contributed by atoms with van der Waals surface area (Å²) in [5, 5.41) is 5.30. The van der Waals surface area contributed by atoms with Gasteiger partial charge in [0.05, 0.1) is 5.69 Å². The zero-order chi connectivity index (χ0) is 13.1. The van der Waals surface area contributed by atoms with Gasteiger partial charge in [0.25, 0.3) is 0 Å². The molecule has 5 heteroatoms. The normalized spacial score (nSPS) is 20.6. The van der Waals surface area contributed by atoms with Crippen molar-refractivity contribution in [3.05, 3.63) is 29.8 Å². The predicted molar refractivity (Wildman–Crippen MR) is 74.7 cm³/mol. The molecule has 19 heavy (non-hydrogen) atoms. The first kappa shape index (κ1) is 12.4. The van der Waals surface area contributed by atoms with E-state index in [1.807, 2.05) is 11.1 Å². The van der Waals surface area contributed by atoms with E-state index in [0.29, 0.717) is 6.42 Å². The highest BCUT2D eigenvalue weighted by Crippen LogP contribution is 2.18. The van der Waals surface area contributed by atoms with Crippen LogP contribution < -0.4 is 15.8 Å². The number of amides is 1. The lowest BCUT2D eigenvalue weighted by atomic mass is 10.1. The fourth-order valence-corrected chi connectivity index (χ4v) is 2.62. The monoisotopic (exact) mass is 260 g/mol. The van der Waals surface area contributed by atoms with Crippen LogP contribution in [0.5, 0.6) is 0 Å². The number of anilines is 1. The number of hydrazine groups is 1. The average Bonchev–Trinajstić information content (AvgIpc) is 2.87. The quantitative estimate of drug-likeness (QED) is 0.822. The summed E-state index contributed by atoms with van der Waals surface area (Å²) in [5.74, 6) is 0.104. The number of nitrogens with zero attached hydrogens (tertiary/aromatic N) is 2. The number of hydrogen-bond acceptors (Lipinski definition) is 4. The highest BCUT2D eigenvalue weighted by atomic mass is 16.2. The lowest BCUT2D eigenvalue weighted by molar-refractivity contribution is -0.119. The molecule has 1 aromatic rings. The minimum absolute atomic E-state index is 0.104. The van der Waals surface area contributed by atoms with Crippen molar-refractivity contribution in [1.29, 1.82) is 0 Å². The summed E-state index contributed by atoms with van der Waals surface area (Å²) in [4.78, 5) is 13.7. The van der Waals surface area contributed by atoms with Crippen LogP contribution in [0.2, 0.25) is 0 Å². The molecule has 3 rings (SSSR count). The maximum Gasteiger partial charge on any atom is 0.240 e. The van der Waals surface area contributed by atoms with Gasteiger partial charge in [0.15, 0.2) is 0 Å². The third-order valence-corrected chi connectivity index (χ3v) is 3.66. The predicted octanol–water partition coefficient (Wildman–Crippen LogP) is 0.333. The summed E-state index contributed by atoms with van der Waals surface area (Å²) >= 11 is 0. The SMILES string of the molecule is O=C1CCN(c2cccc(CN3CCNCC3)c2)N1. The third kappa shape index (κ3) is 3.05. The Bertz CT molecular complexity index is 457. The molecule has 0 radical (unpaired) electrons. The number of carbonyl (C=O) groups is 1. The van der Waals surface area contributed by atoms with Gasteiger partial charge in [-0.2, -0.15) is 0 Å². The van der Waals surface area contributed by atoms with Gasteiger partial charge < -0.3 is 5.32 Å². The first-order valence-corrected chi connectivity index (χ1v) is 6.90. The lowest BCUT2D eigenvalue weighted by Crippen LogP contribution is -2.42. The average molecular weight is 260 g/mol. The molecule has 0 saturated carbocycles.